The van der Waals surface area contributed by atoms with Crippen LogP contribution in [0.3, 0.4) is 0 Å². The molecule has 0 spiro atoms. The Morgan fingerprint density at radius 1 is 1.33 bits per heavy atom. The van der Waals surface area contributed by atoms with Gasteiger partial charge in [0.05, 0.1) is 11.3 Å². The number of hydrogen-bond donors (Lipinski definition) is 0. The second kappa shape index (κ2) is 7.07. The Hall–Kier alpha value is -2.30. The van der Waals surface area contributed by atoms with Crippen LogP contribution in [0.1, 0.15) is 19.5 Å². The predicted molar refractivity (Wildman–Crippen MR) is 90.6 cm³/mol. The summed E-state index contributed by atoms with van der Waals surface area (Å²) in [7, 11) is 0. The number of hydrogen-bond acceptors (Lipinski definition) is 6. The molecule has 0 aliphatic rings. The Morgan fingerprint density at radius 3 is 2.83 bits per heavy atom. The first-order valence-electron chi connectivity index (χ1n) is 7.30. The Labute approximate surface area is 148 Å². The van der Waals surface area contributed by atoms with E-state index in [4.69, 9.17) is 21.3 Å². The molecule has 0 aliphatic carbocycles. The van der Waals surface area contributed by atoms with Crippen molar-refractivity contribution in [1.82, 2.24) is 19.7 Å². The third kappa shape index (κ3) is 3.45. The number of furan rings is 1. The SMILES string of the molecule is CC(C)Cn1c(Sc2ccc(Cl)c(C#N)n2)nnc1-c1ccco1. The minimum atomic E-state index is 0.197. The Morgan fingerprint density at radius 2 is 2.17 bits per heavy atom. The van der Waals surface area contributed by atoms with E-state index in [-0.39, 0.29) is 5.69 Å². The lowest BCUT2D eigenvalue weighted by atomic mass is 10.2. The first-order valence-corrected chi connectivity index (χ1v) is 8.49. The van der Waals surface area contributed by atoms with Gasteiger partial charge in [0.15, 0.2) is 22.4 Å². The fourth-order valence-electron chi connectivity index (χ4n) is 2.14. The van der Waals surface area contributed by atoms with E-state index in [1.807, 2.05) is 22.8 Å². The van der Waals surface area contributed by atoms with Crippen LogP contribution < -0.4 is 0 Å². The molecule has 3 heterocycles. The van der Waals surface area contributed by atoms with E-state index in [1.165, 1.54) is 11.8 Å². The minimum Gasteiger partial charge on any atom is -0.461 e. The highest BCUT2D eigenvalue weighted by Gasteiger charge is 2.18. The summed E-state index contributed by atoms with van der Waals surface area (Å²) in [6.45, 7) is 4.98. The largest absolute Gasteiger partial charge is 0.461 e. The maximum Gasteiger partial charge on any atom is 0.200 e. The van der Waals surface area contributed by atoms with Crippen LogP contribution >= 0.6 is 23.4 Å². The monoisotopic (exact) mass is 359 g/mol. The highest BCUT2D eigenvalue weighted by atomic mass is 35.5. The first-order chi connectivity index (χ1) is 11.6. The maximum absolute atomic E-state index is 9.06. The lowest BCUT2D eigenvalue weighted by Crippen LogP contribution is -2.07. The van der Waals surface area contributed by atoms with E-state index in [2.05, 4.69) is 29.0 Å². The molecule has 0 saturated carbocycles. The molecule has 0 saturated heterocycles. The van der Waals surface area contributed by atoms with E-state index in [1.54, 1.807) is 18.4 Å². The number of rotatable bonds is 5. The molecule has 3 rings (SSSR count). The van der Waals surface area contributed by atoms with Gasteiger partial charge in [-0.2, -0.15) is 5.26 Å². The zero-order valence-electron chi connectivity index (χ0n) is 13.1. The summed E-state index contributed by atoms with van der Waals surface area (Å²) in [4.78, 5) is 4.24. The van der Waals surface area contributed by atoms with Crippen molar-refractivity contribution in [2.24, 2.45) is 5.92 Å². The summed E-state index contributed by atoms with van der Waals surface area (Å²) in [6, 6.07) is 9.07. The third-order valence-corrected chi connectivity index (χ3v) is 4.35. The molecule has 6 nitrogen and oxygen atoms in total. The van der Waals surface area contributed by atoms with Gasteiger partial charge in [-0.3, -0.25) is 4.57 Å². The number of pyridine rings is 1. The molecule has 8 heteroatoms. The minimum absolute atomic E-state index is 0.197. The van der Waals surface area contributed by atoms with E-state index >= 15 is 0 Å². The fourth-order valence-corrected chi connectivity index (χ4v) is 3.10. The number of halogens is 1. The van der Waals surface area contributed by atoms with Crippen molar-refractivity contribution in [1.29, 1.82) is 5.26 Å². The predicted octanol–water partition coefficient (Wildman–Crippen LogP) is 4.27. The van der Waals surface area contributed by atoms with E-state index in [0.717, 1.165) is 6.54 Å². The standard InChI is InChI=1S/C16H14ClN5OS/c1-10(2)9-22-15(13-4-3-7-23-13)20-21-16(22)24-14-6-5-11(17)12(8-18)19-14/h3-7,10H,9H2,1-2H3. The molecule has 0 unspecified atom stereocenters. The van der Waals surface area contributed by atoms with Crippen LogP contribution in [0.2, 0.25) is 5.02 Å². The highest BCUT2D eigenvalue weighted by molar-refractivity contribution is 7.99. The van der Waals surface area contributed by atoms with Gasteiger partial charge in [0, 0.05) is 6.54 Å². The molecule has 0 fully saturated rings. The molecule has 24 heavy (non-hydrogen) atoms. The molecule has 0 N–H and O–H groups in total. The first kappa shape index (κ1) is 16.6. The fraction of sp³-hybridized carbons (Fsp3) is 0.250. The number of nitriles is 1. The number of aromatic nitrogens is 4. The van der Waals surface area contributed by atoms with Gasteiger partial charge in [-0.25, -0.2) is 4.98 Å². The van der Waals surface area contributed by atoms with Crippen LogP contribution in [0.15, 0.2) is 45.1 Å². The lowest BCUT2D eigenvalue weighted by Gasteiger charge is -2.11. The lowest BCUT2D eigenvalue weighted by molar-refractivity contribution is 0.489. The van der Waals surface area contributed by atoms with Gasteiger partial charge in [0.2, 0.25) is 0 Å². The highest BCUT2D eigenvalue weighted by Crippen LogP contribution is 2.30. The molecular formula is C16H14ClN5OS. The van der Waals surface area contributed by atoms with Crippen molar-refractivity contribution in [2.45, 2.75) is 30.6 Å². The van der Waals surface area contributed by atoms with Gasteiger partial charge in [0.25, 0.3) is 0 Å². The average molecular weight is 360 g/mol. The molecule has 3 aromatic rings. The second-order valence-electron chi connectivity index (χ2n) is 5.48. The molecule has 3 aromatic heterocycles. The third-order valence-electron chi connectivity index (χ3n) is 3.13. The molecule has 0 atom stereocenters. The Bertz CT molecular complexity index is 883. The van der Waals surface area contributed by atoms with Crippen molar-refractivity contribution in [3.63, 3.8) is 0 Å². The van der Waals surface area contributed by atoms with Gasteiger partial charge in [-0.1, -0.05) is 25.4 Å². The molecule has 122 valence electrons. The zero-order chi connectivity index (χ0) is 17.1. The summed E-state index contributed by atoms with van der Waals surface area (Å²) < 4.78 is 7.45. The molecule has 0 amide bonds. The van der Waals surface area contributed by atoms with Crippen LogP contribution in [0.5, 0.6) is 0 Å². The smallest absolute Gasteiger partial charge is 0.200 e. The van der Waals surface area contributed by atoms with Crippen molar-refractivity contribution < 1.29 is 4.42 Å². The van der Waals surface area contributed by atoms with Crippen LogP contribution in [0.4, 0.5) is 0 Å². The van der Waals surface area contributed by atoms with E-state index in [0.29, 0.717) is 32.7 Å². The summed E-state index contributed by atoms with van der Waals surface area (Å²) in [5.41, 5.74) is 0.197. The van der Waals surface area contributed by atoms with Gasteiger partial charge < -0.3 is 4.42 Å². The Kier molecular flexibility index (Phi) is 4.88. The average Bonchev–Trinajstić information content (AvgIpc) is 3.19. The van der Waals surface area contributed by atoms with Crippen LogP contribution in [-0.2, 0) is 6.54 Å². The molecule has 0 aromatic carbocycles. The quantitative estimate of drug-likeness (QED) is 0.676. The summed E-state index contributed by atoms with van der Waals surface area (Å²) in [5.74, 6) is 1.74. The van der Waals surface area contributed by atoms with Crippen molar-refractivity contribution in [3.05, 3.63) is 41.2 Å². The zero-order valence-corrected chi connectivity index (χ0v) is 14.7. The van der Waals surface area contributed by atoms with Crippen molar-refractivity contribution >= 4 is 23.4 Å². The topological polar surface area (TPSA) is 80.5 Å². The molecule has 0 aliphatic heterocycles. The van der Waals surface area contributed by atoms with Crippen LogP contribution in [-0.4, -0.2) is 19.7 Å². The number of nitrogens with zero attached hydrogens (tertiary/aromatic N) is 5. The van der Waals surface area contributed by atoms with Crippen LogP contribution in [0, 0.1) is 17.2 Å². The normalized spacial score (nSPS) is 11.0. The molecule has 0 bridgehead atoms. The molecular weight excluding hydrogens is 346 g/mol. The second-order valence-corrected chi connectivity index (χ2v) is 6.88. The van der Waals surface area contributed by atoms with Gasteiger partial charge in [-0.05, 0) is 41.9 Å². The van der Waals surface area contributed by atoms with Gasteiger partial charge in [0.1, 0.15) is 11.1 Å². The summed E-state index contributed by atoms with van der Waals surface area (Å²) in [5, 5.41) is 19.2. The maximum atomic E-state index is 9.06. The van der Waals surface area contributed by atoms with Gasteiger partial charge >= 0.3 is 0 Å². The van der Waals surface area contributed by atoms with Crippen molar-refractivity contribution in [2.75, 3.05) is 0 Å². The summed E-state index contributed by atoms with van der Waals surface area (Å²) >= 11 is 7.27. The Balaban J connectivity index is 1.97. The van der Waals surface area contributed by atoms with E-state index in [9.17, 15) is 0 Å². The van der Waals surface area contributed by atoms with Gasteiger partial charge in [-0.15, -0.1) is 10.2 Å². The van der Waals surface area contributed by atoms with E-state index < -0.39 is 0 Å². The van der Waals surface area contributed by atoms with Crippen molar-refractivity contribution in [3.8, 4) is 17.7 Å². The molecule has 0 radical (unpaired) electrons. The van der Waals surface area contributed by atoms with Crippen LogP contribution in [0.25, 0.3) is 11.6 Å². The summed E-state index contributed by atoms with van der Waals surface area (Å²) in [6.07, 6.45) is 1.61.